The fourth-order valence-corrected chi connectivity index (χ4v) is 4.87. The van der Waals surface area contributed by atoms with Crippen LogP contribution in [-0.4, -0.2) is 29.7 Å². The lowest BCUT2D eigenvalue weighted by molar-refractivity contribution is -0.0639. The maximum Gasteiger partial charge on any atom is 0.263 e. The largest absolute Gasteiger partial charge is 0.487 e. The van der Waals surface area contributed by atoms with E-state index in [1.165, 1.54) is 17.5 Å². The second kappa shape index (κ2) is 7.74. The molecule has 154 valence electrons. The number of carbonyl (C=O) groups excluding carboxylic acids is 1. The zero-order valence-corrected chi connectivity index (χ0v) is 17.3. The maximum atomic E-state index is 12.9. The molecule has 1 aromatic heterocycles. The van der Waals surface area contributed by atoms with E-state index in [4.69, 9.17) is 15.2 Å². The van der Waals surface area contributed by atoms with Crippen molar-refractivity contribution < 1.29 is 14.3 Å². The normalized spacial score (nSPS) is 19.7. The van der Waals surface area contributed by atoms with Crippen molar-refractivity contribution in [2.45, 2.75) is 30.9 Å². The minimum atomic E-state index is -0.315. The summed E-state index contributed by atoms with van der Waals surface area (Å²) in [5, 5.41) is 3.60. The Morgan fingerprint density at radius 1 is 1.13 bits per heavy atom. The summed E-state index contributed by atoms with van der Waals surface area (Å²) in [7, 11) is 0. The highest BCUT2D eigenvalue weighted by atomic mass is 32.1. The van der Waals surface area contributed by atoms with E-state index in [0.717, 1.165) is 35.3 Å². The molecular weight excluding hydrogens is 398 g/mol. The Kier molecular flexibility index (Phi) is 4.92. The van der Waals surface area contributed by atoms with Crippen LogP contribution >= 0.6 is 11.3 Å². The predicted molar refractivity (Wildman–Crippen MR) is 117 cm³/mol. The SMILES string of the molecule is Nc1ncc(C(=O)NC2CC3(CCOCC3)Oc3ccc(-c4ccccc4)cc32)s1. The van der Waals surface area contributed by atoms with Gasteiger partial charge in [-0.1, -0.05) is 47.7 Å². The van der Waals surface area contributed by atoms with Gasteiger partial charge in [-0.15, -0.1) is 0 Å². The van der Waals surface area contributed by atoms with Crippen LogP contribution in [0.25, 0.3) is 11.1 Å². The quantitative estimate of drug-likeness (QED) is 0.662. The van der Waals surface area contributed by atoms with Crippen molar-refractivity contribution in [1.29, 1.82) is 0 Å². The Labute approximate surface area is 179 Å². The molecule has 1 atom stereocenters. The summed E-state index contributed by atoms with van der Waals surface area (Å²) in [6.07, 6.45) is 3.86. The molecule has 3 heterocycles. The summed E-state index contributed by atoms with van der Waals surface area (Å²) < 4.78 is 12.1. The van der Waals surface area contributed by atoms with Crippen LogP contribution in [0.3, 0.4) is 0 Å². The molecule has 1 amide bonds. The third kappa shape index (κ3) is 3.66. The number of hydrogen-bond acceptors (Lipinski definition) is 6. The first-order valence-corrected chi connectivity index (χ1v) is 10.9. The van der Waals surface area contributed by atoms with Gasteiger partial charge in [-0.25, -0.2) is 4.98 Å². The molecule has 2 aliphatic heterocycles. The Balaban J connectivity index is 1.51. The standard InChI is InChI=1S/C23H23N3O3S/c24-22-25-14-20(30-22)21(27)26-18-13-23(8-10-28-11-9-23)29-19-7-6-16(12-17(18)19)15-4-2-1-3-5-15/h1-7,12,14,18H,8-11,13H2,(H2,24,25)(H,26,27). The summed E-state index contributed by atoms with van der Waals surface area (Å²) in [5.41, 5.74) is 8.63. The summed E-state index contributed by atoms with van der Waals surface area (Å²) >= 11 is 1.20. The number of carbonyl (C=O) groups is 1. The van der Waals surface area contributed by atoms with Crippen molar-refractivity contribution >= 4 is 22.4 Å². The molecule has 1 unspecified atom stereocenters. The third-order valence-corrected chi connectivity index (χ3v) is 6.68. The first kappa shape index (κ1) is 19.1. The third-order valence-electron chi connectivity index (χ3n) is 5.85. The lowest BCUT2D eigenvalue weighted by Crippen LogP contribution is -2.48. The number of hydrogen-bond donors (Lipinski definition) is 2. The van der Waals surface area contributed by atoms with Gasteiger partial charge in [-0.2, -0.15) is 0 Å². The molecule has 2 aromatic carbocycles. The van der Waals surface area contributed by atoms with Crippen molar-refractivity contribution in [2.75, 3.05) is 18.9 Å². The molecule has 0 aliphatic carbocycles. The first-order chi connectivity index (χ1) is 14.6. The number of nitrogen functional groups attached to an aromatic ring is 1. The zero-order chi connectivity index (χ0) is 20.6. The molecule has 0 bridgehead atoms. The Morgan fingerprint density at radius 2 is 1.93 bits per heavy atom. The van der Waals surface area contributed by atoms with Gasteiger partial charge in [-0.3, -0.25) is 4.79 Å². The number of benzene rings is 2. The highest BCUT2D eigenvalue weighted by Gasteiger charge is 2.43. The first-order valence-electron chi connectivity index (χ1n) is 10.1. The average Bonchev–Trinajstić information content (AvgIpc) is 3.21. The molecule has 6 nitrogen and oxygen atoms in total. The van der Waals surface area contributed by atoms with Crippen LogP contribution < -0.4 is 15.8 Å². The number of nitrogens with one attached hydrogen (secondary N) is 1. The highest BCUT2D eigenvalue weighted by Crippen LogP contribution is 2.45. The predicted octanol–water partition coefficient (Wildman–Crippen LogP) is 4.20. The minimum absolute atomic E-state index is 0.158. The van der Waals surface area contributed by atoms with Crippen LogP contribution in [0.5, 0.6) is 5.75 Å². The number of anilines is 1. The summed E-state index contributed by atoms with van der Waals surface area (Å²) in [6, 6.07) is 16.3. The van der Waals surface area contributed by atoms with Crippen LogP contribution in [0.1, 0.15) is 40.5 Å². The molecule has 7 heteroatoms. The molecular formula is C23H23N3O3S. The monoisotopic (exact) mass is 421 g/mol. The van der Waals surface area contributed by atoms with Crippen molar-refractivity contribution in [1.82, 2.24) is 10.3 Å². The number of thiazole rings is 1. The van der Waals surface area contributed by atoms with E-state index in [1.54, 1.807) is 0 Å². The number of nitrogens with zero attached hydrogens (tertiary/aromatic N) is 1. The van der Waals surface area contributed by atoms with Gasteiger partial charge in [0.25, 0.3) is 5.91 Å². The van der Waals surface area contributed by atoms with Gasteiger partial charge in [0, 0.05) is 24.8 Å². The van der Waals surface area contributed by atoms with Crippen molar-refractivity contribution in [3.63, 3.8) is 0 Å². The minimum Gasteiger partial charge on any atom is -0.487 e. The second-order valence-electron chi connectivity index (χ2n) is 7.81. The van der Waals surface area contributed by atoms with E-state index in [9.17, 15) is 4.79 Å². The molecule has 0 radical (unpaired) electrons. The fourth-order valence-electron chi connectivity index (χ4n) is 4.28. The molecule has 1 spiro atoms. The Morgan fingerprint density at radius 3 is 2.67 bits per heavy atom. The smallest absolute Gasteiger partial charge is 0.263 e. The van der Waals surface area contributed by atoms with Crippen molar-refractivity contribution in [2.24, 2.45) is 0 Å². The summed E-state index contributed by atoms with van der Waals surface area (Å²) in [4.78, 5) is 17.4. The van der Waals surface area contributed by atoms with Gasteiger partial charge in [0.2, 0.25) is 0 Å². The average molecular weight is 422 g/mol. The second-order valence-corrected chi connectivity index (χ2v) is 8.87. The molecule has 30 heavy (non-hydrogen) atoms. The van der Waals surface area contributed by atoms with E-state index in [-0.39, 0.29) is 17.6 Å². The zero-order valence-electron chi connectivity index (χ0n) is 16.5. The van der Waals surface area contributed by atoms with Gasteiger partial charge < -0.3 is 20.5 Å². The van der Waals surface area contributed by atoms with E-state index in [0.29, 0.717) is 29.6 Å². The van der Waals surface area contributed by atoms with Gasteiger partial charge in [0.05, 0.1) is 25.5 Å². The number of fused-ring (bicyclic) bond motifs is 1. The van der Waals surface area contributed by atoms with Gasteiger partial charge in [-0.05, 0) is 23.3 Å². The van der Waals surface area contributed by atoms with E-state index < -0.39 is 0 Å². The van der Waals surface area contributed by atoms with Gasteiger partial charge >= 0.3 is 0 Å². The van der Waals surface area contributed by atoms with Crippen LogP contribution in [0.15, 0.2) is 54.7 Å². The number of amides is 1. The van der Waals surface area contributed by atoms with Crippen LogP contribution in [0, 0.1) is 0 Å². The summed E-state index contributed by atoms with van der Waals surface area (Å²) in [6.45, 7) is 1.34. The van der Waals surface area contributed by atoms with Crippen molar-refractivity contribution in [3.8, 4) is 16.9 Å². The fraction of sp³-hybridized carbons (Fsp3) is 0.304. The molecule has 3 N–H and O–H groups in total. The van der Waals surface area contributed by atoms with Crippen LogP contribution in [-0.2, 0) is 4.74 Å². The highest BCUT2D eigenvalue weighted by molar-refractivity contribution is 7.17. The lowest BCUT2D eigenvalue weighted by atomic mass is 9.81. The maximum absolute atomic E-state index is 12.9. The number of nitrogens with two attached hydrogens (primary N) is 1. The van der Waals surface area contributed by atoms with Gasteiger partial charge in [0.15, 0.2) is 5.13 Å². The molecule has 1 fully saturated rings. The van der Waals surface area contributed by atoms with Gasteiger partial charge in [0.1, 0.15) is 16.2 Å². The molecule has 5 rings (SSSR count). The van der Waals surface area contributed by atoms with E-state index in [2.05, 4.69) is 34.6 Å². The van der Waals surface area contributed by atoms with E-state index in [1.807, 2.05) is 24.3 Å². The van der Waals surface area contributed by atoms with Crippen LogP contribution in [0.4, 0.5) is 5.13 Å². The molecule has 2 aliphatic rings. The Hall–Kier alpha value is -2.90. The number of ether oxygens (including phenoxy) is 2. The molecule has 0 saturated carbocycles. The topological polar surface area (TPSA) is 86.5 Å². The number of rotatable bonds is 3. The number of aromatic nitrogens is 1. The lowest BCUT2D eigenvalue weighted by Gasteiger charge is -2.44. The summed E-state index contributed by atoms with van der Waals surface area (Å²) in [5.74, 6) is 0.673. The van der Waals surface area contributed by atoms with E-state index >= 15 is 0 Å². The van der Waals surface area contributed by atoms with Crippen molar-refractivity contribution in [3.05, 3.63) is 65.2 Å². The van der Waals surface area contributed by atoms with Crippen LogP contribution in [0.2, 0.25) is 0 Å². The molecule has 3 aromatic rings. The molecule has 1 saturated heterocycles. The Bertz CT molecular complexity index is 1060.